The maximum Gasteiger partial charge on any atom is 0.422 e. The average Bonchev–Trinajstić information content (AvgIpc) is 2.16. The molecule has 0 heterocycles. The number of carbonyl (C=O) groups is 1. The molecule has 112 valence electrons. The molecule has 0 amide bonds. The van der Waals surface area contributed by atoms with Crippen LogP contribution in [0.5, 0.6) is 0 Å². The minimum Gasteiger partial charge on any atom is -0.456 e. The summed E-state index contributed by atoms with van der Waals surface area (Å²) < 4.78 is 41.0. The number of rotatable bonds is 4. The zero-order chi connectivity index (χ0) is 14.9. The first-order chi connectivity index (χ1) is 8.46. The normalized spacial score (nSPS) is 20.6. The molecular formula is C14H23F3O2. The highest BCUT2D eigenvalue weighted by molar-refractivity contribution is 5.77. The molecule has 0 aromatic heterocycles. The number of alkyl halides is 3. The van der Waals surface area contributed by atoms with E-state index in [1.165, 1.54) is 0 Å². The molecule has 0 N–H and O–H groups in total. The highest BCUT2D eigenvalue weighted by Crippen LogP contribution is 2.48. The third-order valence-electron chi connectivity index (χ3n) is 4.39. The van der Waals surface area contributed by atoms with E-state index in [1.54, 1.807) is 6.92 Å². The van der Waals surface area contributed by atoms with Crippen molar-refractivity contribution in [2.45, 2.75) is 59.6 Å². The topological polar surface area (TPSA) is 26.3 Å². The van der Waals surface area contributed by atoms with Crippen LogP contribution in [0.3, 0.4) is 0 Å². The fourth-order valence-electron chi connectivity index (χ4n) is 2.28. The van der Waals surface area contributed by atoms with E-state index in [4.69, 9.17) is 0 Å². The molecule has 0 saturated heterocycles. The molecule has 5 heteroatoms. The predicted molar refractivity (Wildman–Crippen MR) is 66.5 cm³/mol. The Labute approximate surface area is 112 Å². The van der Waals surface area contributed by atoms with E-state index in [9.17, 15) is 18.0 Å². The summed E-state index contributed by atoms with van der Waals surface area (Å²) in [5.41, 5.74) is -1.30. The van der Waals surface area contributed by atoms with E-state index in [1.807, 2.05) is 20.8 Å². The van der Waals surface area contributed by atoms with Crippen LogP contribution in [0.4, 0.5) is 13.2 Å². The van der Waals surface area contributed by atoms with Gasteiger partial charge in [0.25, 0.3) is 0 Å². The Morgan fingerprint density at radius 1 is 1.16 bits per heavy atom. The number of carbonyl (C=O) groups excluding carboxylic acids is 1. The molecule has 1 unspecified atom stereocenters. The summed E-state index contributed by atoms with van der Waals surface area (Å²) in [6.07, 6.45) is -0.614. The Morgan fingerprint density at radius 3 is 2.00 bits per heavy atom. The third kappa shape index (κ3) is 4.11. The van der Waals surface area contributed by atoms with Crippen LogP contribution in [0.2, 0.25) is 0 Å². The molecular weight excluding hydrogens is 257 g/mol. The van der Waals surface area contributed by atoms with Gasteiger partial charge in [0.2, 0.25) is 0 Å². The molecule has 1 rings (SSSR count). The second kappa shape index (κ2) is 5.33. The van der Waals surface area contributed by atoms with Crippen molar-refractivity contribution in [3.05, 3.63) is 0 Å². The van der Waals surface area contributed by atoms with E-state index in [0.717, 1.165) is 19.3 Å². The lowest BCUT2D eigenvalue weighted by atomic mass is 9.61. The lowest BCUT2D eigenvalue weighted by molar-refractivity contribution is -0.198. The standard InChI is InChI=1S/C14H23F3O2/c1-12(2,3)13(4,8-10-6-5-7-10)11(18)19-9-14(15,16)17/h10H,5-9H2,1-4H3. The highest BCUT2D eigenvalue weighted by Gasteiger charge is 2.48. The first kappa shape index (κ1) is 16.3. The Morgan fingerprint density at radius 2 is 1.68 bits per heavy atom. The highest BCUT2D eigenvalue weighted by atomic mass is 19.4. The molecule has 0 radical (unpaired) electrons. The summed E-state index contributed by atoms with van der Waals surface area (Å²) in [4.78, 5) is 12.1. The van der Waals surface area contributed by atoms with Gasteiger partial charge < -0.3 is 4.74 Å². The Kier molecular flexibility index (Phi) is 4.58. The first-order valence-electron chi connectivity index (χ1n) is 6.70. The van der Waals surface area contributed by atoms with Gasteiger partial charge in [0.05, 0.1) is 5.41 Å². The number of hydrogen-bond acceptors (Lipinski definition) is 2. The molecule has 1 saturated carbocycles. The smallest absolute Gasteiger partial charge is 0.422 e. The van der Waals surface area contributed by atoms with Crippen LogP contribution < -0.4 is 0 Å². The molecule has 1 atom stereocenters. The molecule has 1 aliphatic carbocycles. The minimum absolute atomic E-state index is 0.425. The molecule has 0 spiro atoms. The zero-order valence-corrected chi connectivity index (χ0v) is 12.1. The molecule has 0 aromatic carbocycles. The molecule has 0 aliphatic heterocycles. The van der Waals surface area contributed by atoms with Crippen molar-refractivity contribution in [3.63, 3.8) is 0 Å². The predicted octanol–water partition coefficient (Wildman–Crippen LogP) is 4.33. The molecule has 1 fully saturated rings. The van der Waals surface area contributed by atoms with Gasteiger partial charge in [0.15, 0.2) is 6.61 Å². The van der Waals surface area contributed by atoms with Crippen LogP contribution in [0, 0.1) is 16.7 Å². The van der Waals surface area contributed by atoms with E-state index in [0.29, 0.717) is 12.3 Å². The lowest BCUT2D eigenvalue weighted by Gasteiger charge is -2.43. The van der Waals surface area contributed by atoms with E-state index >= 15 is 0 Å². The van der Waals surface area contributed by atoms with Crippen LogP contribution in [0.25, 0.3) is 0 Å². The SMILES string of the molecule is CC(C)(C)C(C)(CC1CCC1)C(=O)OCC(F)(F)F. The summed E-state index contributed by atoms with van der Waals surface area (Å²) in [5, 5.41) is 0. The summed E-state index contributed by atoms with van der Waals surface area (Å²) in [5.74, 6) is -0.299. The molecule has 2 nitrogen and oxygen atoms in total. The summed E-state index contributed by atoms with van der Waals surface area (Å²) >= 11 is 0. The van der Waals surface area contributed by atoms with Gasteiger partial charge in [-0.05, 0) is 24.7 Å². The minimum atomic E-state index is -4.47. The lowest BCUT2D eigenvalue weighted by Crippen LogP contribution is -2.44. The fourth-order valence-corrected chi connectivity index (χ4v) is 2.28. The van der Waals surface area contributed by atoms with Crippen molar-refractivity contribution in [3.8, 4) is 0 Å². The van der Waals surface area contributed by atoms with Crippen LogP contribution in [0.1, 0.15) is 53.4 Å². The van der Waals surface area contributed by atoms with Crippen LogP contribution >= 0.6 is 0 Å². The Bertz CT molecular complexity index is 327. The van der Waals surface area contributed by atoms with Crippen LogP contribution in [0.15, 0.2) is 0 Å². The second-order valence-electron chi connectivity index (χ2n) is 6.77. The van der Waals surface area contributed by atoms with Gasteiger partial charge in [-0.1, -0.05) is 40.0 Å². The van der Waals surface area contributed by atoms with E-state index in [2.05, 4.69) is 4.74 Å². The number of halogens is 3. The van der Waals surface area contributed by atoms with Gasteiger partial charge in [-0.15, -0.1) is 0 Å². The monoisotopic (exact) mass is 280 g/mol. The van der Waals surface area contributed by atoms with Crippen molar-refractivity contribution >= 4 is 5.97 Å². The van der Waals surface area contributed by atoms with Crippen molar-refractivity contribution in [1.82, 2.24) is 0 Å². The summed E-state index contributed by atoms with van der Waals surface area (Å²) in [6, 6.07) is 0. The Balaban J connectivity index is 2.75. The summed E-state index contributed by atoms with van der Waals surface area (Å²) in [7, 11) is 0. The maximum atomic E-state index is 12.2. The van der Waals surface area contributed by atoms with Gasteiger partial charge in [0, 0.05) is 0 Å². The van der Waals surface area contributed by atoms with Crippen molar-refractivity contribution < 1.29 is 22.7 Å². The molecule has 1 aliphatic rings. The van der Waals surface area contributed by atoms with Gasteiger partial charge in [-0.2, -0.15) is 13.2 Å². The van der Waals surface area contributed by atoms with Crippen molar-refractivity contribution in [2.75, 3.05) is 6.61 Å². The Hall–Kier alpha value is -0.740. The van der Waals surface area contributed by atoms with Crippen LogP contribution in [-0.4, -0.2) is 18.8 Å². The van der Waals surface area contributed by atoms with Crippen molar-refractivity contribution in [2.24, 2.45) is 16.7 Å². The zero-order valence-electron chi connectivity index (χ0n) is 12.1. The van der Waals surface area contributed by atoms with E-state index in [-0.39, 0.29) is 0 Å². The average molecular weight is 280 g/mol. The van der Waals surface area contributed by atoms with E-state index < -0.39 is 29.6 Å². The quantitative estimate of drug-likeness (QED) is 0.716. The van der Waals surface area contributed by atoms with Crippen molar-refractivity contribution in [1.29, 1.82) is 0 Å². The number of ether oxygens (including phenoxy) is 1. The molecule has 19 heavy (non-hydrogen) atoms. The fraction of sp³-hybridized carbons (Fsp3) is 0.929. The maximum absolute atomic E-state index is 12.2. The van der Waals surface area contributed by atoms with Gasteiger partial charge >= 0.3 is 12.1 Å². The largest absolute Gasteiger partial charge is 0.456 e. The summed E-state index contributed by atoms with van der Waals surface area (Å²) in [6.45, 7) is 5.85. The van der Waals surface area contributed by atoms with Gasteiger partial charge in [-0.3, -0.25) is 4.79 Å². The van der Waals surface area contributed by atoms with Gasteiger partial charge in [-0.25, -0.2) is 0 Å². The first-order valence-corrected chi connectivity index (χ1v) is 6.70. The molecule has 0 bridgehead atoms. The van der Waals surface area contributed by atoms with Crippen LogP contribution in [-0.2, 0) is 9.53 Å². The third-order valence-corrected chi connectivity index (χ3v) is 4.39. The number of hydrogen-bond donors (Lipinski definition) is 0. The van der Waals surface area contributed by atoms with Gasteiger partial charge in [0.1, 0.15) is 0 Å². The molecule has 0 aromatic rings. The number of esters is 1. The second-order valence-corrected chi connectivity index (χ2v) is 6.77.